The maximum Gasteiger partial charge on any atom is 0.312 e. The smallest absolute Gasteiger partial charge is 0.312 e. The van der Waals surface area contributed by atoms with Crippen LogP contribution < -0.4 is 11.1 Å². The molecule has 0 bridgehead atoms. The van der Waals surface area contributed by atoms with Crippen LogP contribution in [0.5, 0.6) is 0 Å². The molecule has 2 aliphatic heterocycles. The van der Waals surface area contributed by atoms with Gasteiger partial charge in [0.05, 0.1) is 18.8 Å². The number of urea groups is 1. The van der Waals surface area contributed by atoms with Crippen molar-refractivity contribution in [3.8, 4) is 0 Å². The highest BCUT2D eigenvalue weighted by Crippen LogP contribution is 2.27. The van der Waals surface area contributed by atoms with Gasteiger partial charge in [-0.25, -0.2) is 9.48 Å². The topological polar surface area (TPSA) is 89.1 Å². The number of piperidine rings is 1. The van der Waals surface area contributed by atoms with Crippen molar-refractivity contribution in [3.05, 3.63) is 11.9 Å². The highest BCUT2D eigenvalue weighted by Gasteiger charge is 2.27. The minimum atomic E-state index is -0.535. The predicted octanol–water partition coefficient (Wildman–Crippen LogP) is 0.932. The standard InChI is InChI=1S/C14H24N6OS2/c15-14(21)16-7-11-8-20(18-17-11)12-1-3-19(4-2-12)13-9-22-5-6-23-10-13/h8,12-13H,1-7,9-10H2,(H3,15,16,21). The van der Waals surface area contributed by atoms with E-state index < -0.39 is 6.03 Å². The first-order valence-electron chi connectivity index (χ1n) is 8.06. The number of amides is 2. The van der Waals surface area contributed by atoms with Crippen LogP contribution >= 0.6 is 23.5 Å². The molecule has 1 aromatic heterocycles. The summed E-state index contributed by atoms with van der Waals surface area (Å²) in [5.41, 5.74) is 5.83. The SMILES string of the molecule is NC(=O)NCc1cn(C2CCN(C3CSCCSC3)CC2)nn1. The van der Waals surface area contributed by atoms with Gasteiger partial charge in [-0.15, -0.1) is 5.10 Å². The van der Waals surface area contributed by atoms with Gasteiger partial charge in [0.15, 0.2) is 0 Å². The number of thioether (sulfide) groups is 2. The molecule has 0 unspecified atom stereocenters. The van der Waals surface area contributed by atoms with E-state index in [2.05, 4.69) is 44.1 Å². The summed E-state index contributed by atoms with van der Waals surface area (Å²) in [7, 11) is 0. The monoisotopic (exact) mass is 356 g/mol. The van der Waals surface area contributed by atoms with Crippen molar-refractivity contribution in [3.63, 3.8) is 0 Å². The number of nitrogens with one attached hydrogen (secondary N) is 1. The molecule has 128 valence electrons. The molecule has 7 nitrogen and oxygen atoms in total. The lowest BCUT2D eigenvalue weighted by atomic mass is 10.0. The van der Waals surface area contributed by atoms with Gasteiger partial charge in [0.25, 0.3) is 0 Å². The largest absolute Gasteiger partial charge is 0.352 e. The van der Waals surface area contributed by atoms with Gasteiger partial charge in [-0.2, -0.15) is 23.5 Å². The van der Waals surface area contributed by atoms with Gasteiger partial charge in [-0.1, -0.05) is 5.21 Å². The molecule has 3 rings (SSSR count). The molecule has 0 saturated carbocycles. The molecule has 0 aliphatic carbocycles. The number of nitrogens with two attached hydrogens (primary N) is 1. The van der Waals surface area contributed by atoms with Crippen molar-refractivity contribution in [2.45, 2.75) is 31.5 Å². The third kappa shape index (κ3) is 4.77. The number of hydrogen-bond acceptors (Lipinski definition) is 6. The predicted molar refractivity (Wildman–Crippen MR) is 94.7 cm³/mol. The van der Waals surface area contributed by atoms with Gasteiger partial charge in [-0.05, 0) is 12.8 Å². The van der Waals surface area contributed by atoms with Gasteiger partial charge >= 0.3 is 6.03 Å². The Hall–Kier alpha value is -0.930. The Labute approximate surface area is 145 Å². The van der Waals surface area contributed by atoms with Gasteiger partial charge in [0, 0.05) is 42.1 Å². The van der Waals surface area contributed by atoms with E-state index in [0.29, 0.717) is 12.6 Å². The van der Waals surface area contributed by atoms with Gasteiger partial charge in [0.1, 0.15) is 5.69 Å². The second kappa shape index (κ2) is 8.25. The third-order valence-electron chi connectivity index (χ3n) is 4.38. The van der Waals surface area contributed by atoms with Gasteiger partial charge in [-0.3, -0.25) is 4.90 Å². The number of carbonyl (C=O) groups is 1. The summed E-state index contributed by atoms with van der Waals surface area (Å²) in [6.45, 7) is 2.60. The summed E-state index contributed by atoms with van der Waals surface area (Å²) < 4.78 is 1.95. The van der Waals surface area contributed by atoms with Gasteiger partial charge in [0.2, 0.25) is 0 Å². The first kappa shape index (κ1) is 16.9. The lowest BCUT2D eigenvalue weighted by Gasteiger charge is -2.36. The van der Waals surface area contributed by atoms with Crippen molar-refractivity contribution in [1.82, 2.24) is 25.2 Å². The highest BCUT2D eigenvalue weighted by atomic mass is 32.2. The maximum absolute atomic E-state index is 10.7. The number of nitrogens with zero attached hydrogens (tertiary/aromatic N) is 4. The molecule has 2 saturated heterocycles. The zero-order valence-corrected chi connectivity index (χ0v) is 14.8. The quantitative estimate of drug-likeness (QED) is 0.834. The van der Waals surface area contributed by atoms with Crippen molar-refractivity contribution in [2.24, 2.45) is 5.73 Å². The minimum absolute atomic E-state index is 0.338. The van der Waals surface area contributed by atoms with Crippen LogP contribution in [0.2, 0.25) is 0 Å². The summed E-state index contributed by atoms with van der Waals surface area (Å²) >= 11 is 4.18. The Kier molecular flexibility index (Phi) is 6.07. The Morgan fingerprint density at radius 3 is 2.61 bits per heavy atom. The first-order valence-corrected chi connectivity index (χ1v) is 10.4. The lowest BCUT2D eigenvalue weighted by molar-refractivity contribution is 0.150. The second-order valence-corrected chi connectivity index (χ2v) is 8.28. The molecule has 0 spiro atoms. The average Bonchev–Trinajstić information content (AvgIpc) is 2.87. The normalized spacial score (nSPS) is 21.9. The molecule has 0 atom stereocenters. The Bertz CT molecular complexity index is 509. The van der Waals surface area contributed by atoms with E-state index in [1.165, 1.54) is 23.0 Å². The highest BCUT2D eigenvalue weighted by molar-refractivity contribution is 8.03. The second-order valence-electron chi connectivity index (χ2n) is 5.98. The molecule has 3 N–H and O–H groups in total. The van der Waals surface area contributed by atoms with Crippen molar-refractivity contribution in [2.75, 3.05) is 36.1 Å². The summed E-state index contributed by atoms with van der Waals surface area (Å²) in [6, 6.07) is 0.596. The van der Waals surface area contributed by atoms with Gasteiger partial charge < -0.3 is 11.1 Å². The van der Waals surface area contributed by atoms with Crippen LogP contribution in [0.25, 0.3) is 0 Å². The Morgan fingerprint density at radius 1 is 1.26 bits per heavy atom. The average molecular weight is 357 g/mol. The Balaban J connectivity index is 1.49. The molecule has 0 radical (unpaired) electrons. The molecule has 0 aromatic carbocycles. The van der Waals surface area contributed by atoms with Crippen molar-refractivity contribution >= 4 is 29.6 Å². The van der Waals surface area contributed by atoms with Crippen LogP contribution in [0.4, 0.5) is 4.79 Å². The maximum atomic E-state index is 10.7. The molecular weight excluding hydrogens is 332 g/mol. The molecule has 2 amide bonds. The number of hydrogen-bond donors (Lipinski definition) is 2. The zero-order valence-electron chi connectivity index (χ0n) is 13.2. The fourth-order valence-corrected chi connectivity index (χ4v) is 5.71. The molecule has 2 aliphatic rings. The summed E-state index contributed by atoms with van der Waals surface area (Å²) in [5.74, 6) is 5.12. The molecule has 2 fully saturated rings. The molecule has 1 aromatic rings. The van der Waals surface area contributed by atoms with E-state index in [1.54, 1.807) is 0 Å². The van der Waals surface area contributed by atoms with E-state index >= 15 is 0 Å². The molecular formula is C14H24N6OS2. The number of primary amides is 1. The van der Waals surface area contributed by atoms with E-state index in [4.69, 9.17) is 5.73 Å². The Morgan fingerprint density at radius 2 is 1.96 bits per heavy atom. The molecule has 3 heterocycles. The minimum Gasteiger partial charge on any atom is -0.352 e. The number of likely N-dealkylation sites (tertiary alicyclic amines) is 1. The number of rotatable bonds is 4. The van der Waals surface area contributed by atoms with Crippen LogP contribution in [-0.4, -0.2) is 68.1 Å². The van der Waals surface area contributed by atoms with E-state index in [-0.39, 0.29) is 0 Å². The summed E-state index contributed by atoms with van der Waals surface area (Å²) in [6.07, 6.45) is 4.14. The lowest BCUT2D eigenvalue weighted by Crippen LogP contribution is -2.44. The van der Waals surface area contributed by atoms with Crippen LogP contribution in [-0.2, 0) is 6.54 Å². The van der Waals surface area contributed by atoms with Crippen LogP contribution in [0, 0.1) is 0 Å². The van der Waals surface area contributed by atoms with Crippen LogP contribution in [0.1, 0.15) is 24.6 Å². The zero-order chi connectivity index (χ0) is 16.1. The van der Waals surface area contributed by atoms with E-state index in [9.17, 15) is 4.79 Å². The molecule has 9 heteroatoms. The van der Waals surface area contributed by atoms with Crippen molar-refractivity contribution in [1.29, 1.82) is 0 Å². The van der Waals surface area contributed by atoms with E-state index in [1.807, 2.05) is 10.9 Å². The number of aromatic nitrogens is 3. The summed E-state index contributed by atoms with van der Waals surface area (Å²) in [5, 5.41) is 10.9. The van der Waals surface area contributed by atoms with Crippen LogP contribution in [0.3, 0.4) is 0 Å². The third-order valence-corrected chi connectivity index (χ3v) is 6.87. The fraction of sp³-hybridized carbons (Fsp3) is 0.786. The first-order chi connectivity index (χ1) is 11.2. The van der Waals surface area contributed by atoms with Crippen LogP contribution in [0.15, 0.2) is 6.20 Å². The fourth-order valence-electron chi connectivity index (χ4n) is 3.08. The number of carbonyl (C=O) groups excluding carboxylic acids is 1. The molecule has 23 heavy (non-hydrogen) atoms. The summed E-state index contributed by atoms with van der Waals surface area (Å²) in [4.78, 5) is 13.4. The van der Waals surface area contributed by atoms with Crippen molar-refractivity contribution < 1.29 is 4.79 Å². The van der Waals surface area contributed by atoms with E-state index in [0.717, 1.165) is 37.7 Å².